The van der Waals surface area contributed by atoms with Crippen LogP contribution in [0.2, 0.25) is 0 Å². The summed E-state index contributed by atoms with van der Waals surface area (Å²) in [5.74, 6) is -0.637. The van der Waals surface area contributed by atoms with Crippen LogP contribution in [0, 0.1) is 0 Å². The summed E-state index contributed by atoms with van der Waals surface area (Å²) in [6.07, 6.45) is 2.43. The molecule has 0 saturated carbocycles. The molecule has 1 aromatic carbocycles. The SMILES string of the molecule is COC(=O)C[C@H]1C=C[C@@H](NC(=O)c2ccccc2)[C@@H](CO)O1. The van der Waals surface area contributed by atoms with E-state index >= 15 is 0 Å². The van der Waals surface area contributed by atoms with Crippen molar-refractivity contribution in [3.63, 3.8) is 0 Å². The first kappa shape index (κ1) is 16.2. The van der Waals surface area contributed by atoms with E-state index in [4.69, 9.17) is 4.74 Å². The van der Waals surface area contributed by atoms with Gasteiger partial charge in [0.05, 0.1) is 32.3 Å². The van der Waals surface area contributed by atoms with Gasteiger partial charge in [-0.3, -0.25) is 9.59 Å². The van der Waals surface area contributed by atoms with Crippen molar-refractivity contribution >= 4 is 11.9 Å². The lowest BCUT2D eigenvalue weighted by atomic mass is 10.0. The van der Waals surface area contributed by atoms with E-state index in [-0.39, 0.29) is 18.9 Å². The minimum Gasteiger partial charge on any atom is -0.469 e. The summed E-state index contributed by atoms with van der Waals surface area (Å²) in [5.41, 5.74) is 0.532. The molecule has 0 aromatic heterocycles. The van der Waals surface area contributed by atoms with Crippen LogP contribution in [0.25, 0.3) is 0 Å². The molecule has 1 aliphatic heterocycles. The molecular formula is C16H19NO5. The summed E-state index contributed by atoms with van der Waals surface area (Å²) in [7, 11) is 1.31. The van der Waals surface area contributed by atoms with E-state index in [2.05, 4.69) is 10.1 Å². The van der Waals surface area contributed by atoms with Gasteiger partial charge in [0.25, 0.3) is 5.91 Å². The van der Waals surface area contributed by atoms with E-state index < -0.39 is 24.2 Å². The summed E-state index contributed by atoms with van der Waals surface area (Å²) in [4.78, 5) is 23.4. The summed E-state index contributed by atoms with van der Waals surface area (Å²) in [6, 6.07) is 8.34. The minimum absolute atomic E-state index is 0.0723. The molecule has 0 aliphatic carbocycles. The Morgan fingerprint density at radius 1 is 1.27 bits per heavy atom. The van der Waals surface area contributed by atoms with Crippen molar-refractivity contribution in [2.24, 2.45) is 0 Å². The van der Waals surface area contributed by atoms with Crippen LogP contribution in [0.3, 0.4) is 0 Å². The van der Waals surface area contributed by atoms with Crippen molar-refractivity contribution in [2.45, 2.75) is 24.7 Å². The molecule has 0 bridgehead atoms. The Hall–Kier alpha value is -2.18. The Morgan fingerprint density at radius 3 is 2.64 bits per heavy atom. The largest absolute Gasteiger partial charge is 0.469 e. The number of esters is 1. The van der Waals surface area contributed by atoms with Gasteiger partial charge in [0, 0.05) is 5.56 Å². The number of rotatable bonds is 5. The van der Waals surface area contributed by atoms with Crippen molar-refractivity contribution in [3.8, 4) is 0 Å². The van der Waals surface area contributed by atoms with E-state index in [1.54, 1.807) is 36.4 Å². The molecule has 6 heteroatoms. The molecule has 22 heavy (non-hydrogen) atoms. The molecule has 118 valence electrons. The van der Waals surface area contributed by atoms with Gasteiger partial charge < -0.3 is 19.9 Å². The molecule has 0 fully saturated rings. The van der Waals surface area contributed by atoms with Gasteiger partial charge in [-0.05, 0) is 12.1 Å². The number of benzene rings is 1. The smallest absolute Gasteiger partial charge is 0.308 e. The Bertz CT molecular complexity index is 543. The topological polar surface area (TPSA) is 84.9 Å². The normalized spacial score (nSPS) is 23.8. The number of nitrogens with one attached hydrogen (secondary N) is 1. The number of methoxy groups -OCH3 is 1. The van der Waals surface area contributed by atoms with Crippen molar-refractivity contribution < 1.29 is 24.2 Å². The number of carbonyl (C=O) groups is 2. The maximum absolute atomic E-state index is 12.1. The highest BCUT2D eigenvalue weighted by atomic mass is 16.5. The summed E-state index contributed by atoms with van der Waals surface area (Å²) >= 11 is 0. The fraction of sp³-hybridized carbons (Fsp3) is 0.375. The molecule has 1 heterocycles. The number of amides is 1. The molecule has 0 spiro atoms. The zero-order valence-electron chi connectivity index (χ0n) is 12.3. The molecule has 2 N–H and O–H groups in total. The molecule has 3 atom stereocenters. The van der Waals surface area contributed by atoms with Crippen LogP contribution in [-0.2, 0) is 14.3 Å². The summed E-state index contributed by atoms with van der Waals surface area (Å²) < 4.78 is 10.2. The number of aliphatic hydroxyl groups excluding tert-OH is 1. The van der Waals surface area contributed by atoms with E-state index in [0.717, 1.165) is 0 Å². The Morgan fingerprint density at radius 2 is 2.00 bits per heavy atom. The quantitative estimate of drug-likeness (QED) is 0.617. The van der Waals surface area contributed by atoms with Crippen LogP contribution in [0.15, 0.2) is 42.5 Å². The second-order valence-corrected chi connectivity index (χ2v) is 4.93. The highest BCUT2D eigenvalue weighted by Crippen LogP contribution is 2.16. The van der Waals surface area contributed by atoms with Gasteiger partial charge in [-0.1, -0.05) is 30.4 Å². The van der Waals surface area contributed by atoms with Crippen LogP contribution < -0.4 is 5.32 Å². The first-order chi connectivity index (χ1) is 10.6. The van der Waals surface area contributed by atoms with E-state index in [1.165, 1.54) is 7.11 Å². The van der Waals surface area contributed by atoms with E-state index in [9.17, 15) is 14.7 Å². The molecule has 1 aromatic rings. The number of aliphatic hydroxyl groups is 1. The van der Waals surface area contributed by atoms with E-state index in [1.807, 2.05) is 6.07 Å². The maximum Gasteiger partial charge on any atom is 0.308 e. The van der Waals surface area contributed by atoms with Gasteiger partial charge in [0.2, 0.25) is 0 Å². The zero-order chi connectivity index (χ0) is 15.9. The molecule has 6 nitrogen and oxygen atoms in total. The van der Waals surface area contributed by atoms with Gasteiger partial charge in [-0.2, -0.15) is 0 Å². The molecule has 0 saturated heterocycles. The van der Waals surface area contributed by atoms with Crippen LogP contribution in [0.5, 0.6) is 0 Å². The van der Waals surface area contributed by atoms with Crippen LogP contribution >= 0.6 is 0 Å². The summed E-state index contributed by atoms with van der Waals surface area (Å²) in [5, 5.41) is 12.2. The highest BCUT2D eigenvalue weighted by molar-refractivity contribution is 5.94. The molecular weight excluding hydrogens is 286 g/mol. The lowest BCUT2D eigenvalue weighted by Crippen LogP contribution is -2.48. The second kappa shape index (κ2) is 7.72. The Balaban J connectivity index is 2.00. The van der Waals surface area contributed by atoms with Gasteiger partial charge in [-0.15, -0.1) is 0 Å². The van der Waals surface area contributed by atoms with Gasteiger partial charge in [-0.25, -0.2) is 0 Å². The third-order valence-corrected chi connectivity index (χ3v) is 3.39. The summed E-state index contributed by atoms with van der Waals surface area (Å²) in [6.45, 7) is -0.262. The zero-order valence-corrected chi connectivity index (χ0v) is 12.3. The molecule has 0 radical (unpaired) electrons. The lowest BCUT2D eigenvalue weighted by molar-refractivity contribution is -0.144. The highest BCUT2D eigenvalue weighted by Gasteiger charge is 2.29. The van der Waals surface area contributed by atoms with Gasteiger partial charge in [0.15, 0.2) is 0 Å². The average molecular weight is 305 g/mol. The molecule has 0 unspecified atom stereocenters. The lowest BCUT2D eigenvalue weighted by Gasteiger charge is -2.31. The predicted molar refractivity (Wildman–Crippen MR) is 79.2 cm³/mol. The standard InChI is InChI=1S/C16H19NO5/c1-21-15(19)9-12-7-8-13(14(10-18)22-12)17-16(20)11-5-3-2-4-6-11/h2-8,12-14,18H,9-10H2,1H3,(H,17,20)/t12-,13-,14-/m1/s1. The fourth-order valence-electron chi connectivity index (χ4n) is 2.21. The minimum atomic E-state index is -0.604. The number of ether oxygens (including phenoxy) is 2. The van der Waals surface area contributed by atoms with Crippen molar-refractivity contribution in [1.29, 1.82) is 0 Å². The molecule has 2 rings (SSSR count). The second-order valence-electron chi connectivity index (χ2n) is 4.93. The molecule has 1 aliphatic rings. The first-order valence-electron chi connectivity index (χ1n) is 7.01. The molecule has 1 amide bonds. The van der Waals surface area contributed by atoms with Crippen LogP contribution in [-0.4, -0.2) is 48.9 Å². The predicted octanol–water partition coefficient (Wildman–Crippen LogP) is 0.664. The van der Waals surface area contributed by atoms with Crippen molar-refractivity contribution in [3.05, 3.63) is 48.0 Å². The van der Waals surface area contributed by atoms with Crippen LogP contribution in [0.1, 0.15) is 16.8 Å². The monoisotopic (exact) mass is 305 g/mol. The fourth-order valence-corrected chi connectivity index (χ4v) is 2.21. The van der Waals surface area contributed by atoms with Gasteiger partial charge >= 0.3 is 5.97 Å². The van der Waals surface area contributed by atoms with Gasteiger partial charge in [0.1, 0.15) is 6.10 Å². The van der Waals surface area contributed by atoms with Crippen LogP contribution in [0.4, 0.5) is 0 Å². The number of carbonyl (C=O) groups excluding carboxylic acids is 2. The Labute approximate surface area is 128 Å². The number of hydrogen-bond acceptors (Lipinski definition) is 5. The first-order valence-corrected chi connectivity index (χ1v) is 7.01. The number of hydrogen-bond donors (Lipinski definition) is 2. The third-order valence-electron chi connectivity index (χ3n) is 3.39. The Kier molecular flexibility index (Phi) is 5.68. The third kappa shape index (κ3) is 4.16. The van der Waals surface area contributed by atoms with Crippen molar-refractivity contribution in [2.75, 3.05) is 13.7 Å². The van der Waals surface area contributed by atoms with Crippen molar-refractivity contribution in [1.82, 2.24) is 5.32 Å². The van der Waals surface area contributed by atoms with E-state index in [0.29, 0.717) is 5.56 Å². The average Bonchev–Trinajstić information content (AvgIpc) is 2.56. The maximum atomic E-state index is 12.1.